The topological polar surface area (TPSA) is 75.3 Å². The number of benzene rings is 1. The molecule has 2 saturated carbocycles. The highest BCUT2D eigenvalue weighted by Gasteiger charge is 2.55. The summed E-state index contributed by atoms with van der Waals surface area (Å²) in [6.07, 6.45) is 4.10. The van der Waals surface area contributed by atoms with Gasteiger partial charge in [-0.1, -0.05) is 15.9 Å². The average Bonchev–Trinajstić information content (AvgIpc) is 3.08. The molecule has 3 atom stereocenters. The maximum Gasteiger partial charge on any atom is 0.232 e. The van der Waals surface area contributed by atoms with Crippen LogP contribution in [-0.4, -0.2) is 24.9 Å². The number of carbonyl (C=O) groups excluding carboxylic acids is 1. The van der Waals surface area contributed by atoms with E-state index in [2.05, 4.69) is 26.0 Å². The fourth-order valence-corrected chi connectivity index (χ4v) is 5.75. The van der Waals surface area contributed by atoms with E-state index < -0.39 is 10.0 Å². The summed E-state index contributed by atoms with van der Waals surface area (Å²) >= 11 is 3.70. The number of halogens is 1. The molecule has 0 heterocycles. The Bertz CT molecular complexity index is 765. The van der Waals surface area contributed by atoms with Crippen molar-refractivity contribution in [3.63, 3.8) is 0 Å². The summed E-state index contributed by atoms with van der Waals surface area (Å²) in [4.78, 5) is 13.1. The van der Waals surface area contributed by atoms with Crippen molar-refractivity contribution in [2.45, 2.75) is 44.4 Å². The maximum absolute atomic E-state index is 12.8. The van der Waals surface area contributed by atoms with Crippen LogP contribution < -0.4 is 10.0 Å². The Morgan fingerprint density at radius 2 is 2.17 bits per heavy atom. The van der Waals surface area contributed by atoms with Crippen molar-refractivity contribution in [1.82, 2.24) is 0 Å². The van der Waals surface area contributed by atoms with Gasteiger partial charge in [-0.2, -0.15) is 0 Å². The number of aryl methyl sites for hydroxylation is 1. The molecule has 0 unspecified atom stereocenters. The van der Waals surface area contributed by atoms with E-state index in [-0.39, 0.29) is 21.9 Å². The van der Waals surface area contributed by atoms with Crippen molar-refractivity contribution in [3.05, 3.63) is 23.8 Å². The van der Waals surface area contributed by atoms with Crippen molar-refractivity contribution in [1.29, 1.82) is 0 Å². The lowest BCUT2D eigenvalue weighted by atomic mass is 9.83. The quantitative estimate of drug-likeness (QED) is 0.721. The zero-order chi connectivity index (χ0) is 17.5. The molecule has 2 aliphatic carbocycles. The van der Waals surface area contributed by atoms with E-state index in [9.17, 15) is 13.2 Å². The number of alkyl halides is 1. The van der Waals surface area contributed by atoms with Crippen LogP contribution in [0.1, 0.15) is 38.2 Å². The number of sulfonamides is 1. The van der Waals surface area contributed by atoms with E-state index in [0.29, 0.717) is 17.3 Å². The molecule has 0 saturated heterocycles. The van der Waals surface area contributed by atoms with Gasteiger partial charge >= 0.3 is 0 Å². The second kappa shape index (κ2) is 6.33. The van der Waals surface area contributed by atoms with Crippen LogP contribution >= 0.6 is 15.9 Å². The summed E-state index contributed by atoms with van der Waals surface area (Å²) in [5.74, 6) is 0.764. The Hall–Kier alpha value is -1.08. The van der Waals surface area contributed by atoms with E-state index in [1.807, 2.05) is 13.0 Å². The van der Waals surface area contributed by atoms with Crippen molar-refractivity contribution < 1.29 is 13.2 Å². The van der Waals surface area contributed by atoms with E-state index in [4.69, 9.17) is 0 Å². The molecule has 0 radical (unpaired) electrons. The lowest BCUT2D eigenvalue weighted by Gasteiger charge is -2.30. The summed E-state index contributed by atoms with van der Waals surface area (Å²) in [6.45, 7) is 3.43. The molecule has 5 nitrogen and oxygen atoms in total. The van der Waals surface area contributed by atoms with Gasteiger partial charge in [0.2, 0.25) is 15.9 Å². The Morgan fingerprint density at radius 1 is 1.42 bits per heavy atom. The Morgan fingerprint density at radius 3 is 2.71 bits per heavy atom. The van der Waals surface area contributed by atoms with Crippen LogP contribution in [0.15, 0.2) is 18.2 Å². The first-order chi connectivity index (χ1) is 11.3. The molecule has 3 rings (SSSR count). The minimum Gasteiger partial charge on any atom is -0.326 e. The number of hydrogen-bond donors (Lipinski definition) is 2. The van der Waals surface area contributed by atoms with Gasteiger partial charge < -0.3 is 5.32 Å². The van der Waals surface area contributed by atoms with Crippen LogP contribution in [0.5, 0.6) is 0 Å². The molecule has 1 amide bonds. The molecule has 1 aromatic carbocycles. The SMILES string of the molecule is CCS(=O)(=O)Nc1ccc(NC(=O)[C@@]23CC[C@@H](C[C@H]2Br)C3)cc1C. The summed E-state index contributed by atoms with van der Waals surface area (Å²) in [5.41, 5.74) is 1.75. The normalized spacial score (nSPS) is 28.8. The molecule has 2 aliphatic rings. The Kier molecular flexibility index (Phi) is 4.68. The van der Waals surface area contributed by atoms with Crippen LogP contribution in [-0.2, 0) is 14.8 Å². The van der Waals surface area contributed by atoms with Gasteiger partial charge in [0.05, 0.1) is 16.9 Å². The first-order valence-electron chi connectivity index (χ1n) is 8.32. The third-order valence-electron chi connectivity index (χ3n) is 5.37. The maximum atomic E-state index is 12.8. The number of amides is 1. The van der Waals surface area contributed by atoms with E-state index in [1.165, 1.54) is 0 Å². The first-order valence-corrected chi connectivity index (χ1v) is 10.9. The monoisotopic (exact) mass is 414 g/mol. The highest BCUT2D eigenvalue weighted by atomic mass is 79.9. The molecule has 2 fully saturated rings. The van der Waals surface area contributed by atoms with Gasteiger partial charge in [-0.05, 0) is 69.2 Å². The number of nitrogens with one attached hydrogen (secondary N) is 2. The van der Waals surface area contributed by atoms with Gasteiger partial charge in [0, 0.05) is 10.5 Å². The molecule has 2 bridgehead atoms. The molecular weight excluding hydrogens is 392 g/mol. The summed E-state index contributed by atoms with van der Waals surface area (Å²) < 4.78 is 25.9. The third-order valence-corrected chi connectivity index (χ3v) is 7.91. The van der Waals surface area contributed by atoms with Crippen LogP contribution in [0.3, 0.4) is 0 Å². The molecule has 2 N–H and O–H groups in total. The van der Waals surface area contributed by atoms with Gasteiger partial charge in [0.1, 0.15) is 0 Å². The third kappa shape index (κ3) is 3.20. The Balaban J connectivity index is 1.74. The fraction of sp³-hybridized carbons (Fsp3) is 0.588. The standard InChI is InChI=1S/C17H23BrN2O3S/c1-3-24(22,23)20-14-5-4-13(8-11(14)2)19-16(21)17-7-6-12(10-17)9-15(17)18/h4-5,8,12,15,20H,3,6-7,9-10H2,1-2H3,(H,19,21)/t12-,15+,17+/m0/s1. The number of rotatable bonds is 5. The van der Waals surface area contributed by atoms with Gasteiger partial charge in [-0.15, -0.1) is 0 Å². The molecule has 132 valence electrons. The van der Waals surface area contributed by atoms with Gasteiger partial charge in [-0.3, -0.25) is 9.52 Å². The predicted molar refractivity (Wildman–Crippen MR) is 100.0 cm³/mol. The average molecular weight is 415 g/mol. The summed E-state index contributed by atoms with van der Waals surface area (Å²) in [7, 11) is -3.30. The first kappa shape index (κ1) is 17.7. The van der Waals surface area contributed by atoms with Crippen LogP contribution in [0.2, 0.25) is 0 Å². The highest BCUT2D eigenvalue weighted by molar-refractivity contribution is 9.09. The van der Waals surface area contributed by atoms with Crippen LogP contribution in [0.4, 0.5) is 11.4 Å². The largest absolute Gasteiger partial charge is 0.326 e. The number of carbonyl (C=O) groups is 1. The lowest BCUT2D eigenvalue weighted by Crippen LogP contribution is -2.39. The van der Waals surface area contributed by atoms with Crippen LogP contribution in [0, 0.1) is 18.3 Å². The molecule has 0 aliphatic heterocycles. The number of fused-ring (bicyclic) bond motifs is 2. The van der Waals surface area contributed by atoms with E-state index in [0.717, 1.165) is 31.2 Å². The van der Waals surface area contributed by atoms with Crippen molar-refractivity contribution >= 4 is 43.2 Å². The lowest BCUT2D eigenvalue weighted by molar-refractivity contribution is -0.124. The zero-order valence-corrected chi connectivity index (χ0v) is 16.3. The second-order valence-corrected chi connectivity index (χ2v) is 10.1. The van der Waals surface area contributed by atoms with Crippen molar-refractivity contribution in [2.75, 3.05) is 15.8 Å². The molecular formula is C17H23BrN2O3S. The number of anilines is 2. The highest BCUT2D eigenvalue weighted by Crippen LogP contribution is 2.57. The molecule has 0 spiro atoms. The second-order valence-electron chi connectivity index (χ2n) is 6.96. The molecule has 0 aromatic heterocycles. The molecule has 1 aromatic rings. The van der Waals surface area contributed by atoms with Crippen molar-refractivity contribution in [2.24, 2.45) is 11.3 Å². The zero-order valence-electron chi connectivity index (χ0n) is 13.9. The predicted octanol–water partition coefficient (Wildman–Crippen LogP) is 3.65. The fourth-order valence-electron chi connectivity index (χ4n) is 3.88. The minimum absolute atomic E-state index is 0.0290. The van der Waals surface area contributed by atoms with E-state index >= 15 is 0 Å². The Labute approximate surface area is 151 Å². The van der Waals surface area contributed by atoms with Gasteiger partial charge in [0.25, 0.3) is 0 Å². The van der Waals surface area contributed by atoms with Gasteiger partial charge in [-0.25, -0.2) is 8.42 Å². The molecule has 7 heteroatoms. The van der Waals surface area contributed by atoms with E-state index in [1.54, 1.807) is 19.1 Å². The smallest absolute Gasteiger partial charge is 0.232 e. The van der Waals surface area contributed by atoms with Crippen molar-refractivity contribution in [3.8, 4) is 0 Å². The minimum atomic E-state index is -3.30. The van der Waals surface area contributed by atoms with Gasteiger partial charge in [0.15, 0.2) is 0 Å². The number of hydrogen-bond acceptors (Lipinski definition) is 3. The molecule has 24 heavy (non-hydrogen) atoms. The summed E-state index contributed by atoms with van der Waals surface area (Å²) in [6, 6.07) is 5.26. The summed E-state index contributed by atoms with van der Waals surface area (Å²) in [5, 5.41) is 3.03. The van der Waals surface area contributed by atoms with Crippen LogP contribution in [0.25, 0.3) is 0 Å².